The molecule has 94 valence electrons. The van der Waals surface area contributed by atoms with Crippen LogP contribution in [0.15, 0.2) is 54.6 Å². The molecular weight excluding hydrogens is 260 g/mol. The second kappa shape index (κ2) is 7.50. The van der Waals surface area contributed by atoms with E-state index in [-0.39, 0.29) is 0 Å². The highest BCUT2D eigenvalue weighted by Crippen LogP contribution is 2.16. The highest BCUT2D eigenvalue weighted by Gasteiger charge is 1.95. The maximum Gasteiger partial charge on any atom is 0.0406 e. The van der Waals surface area contributed by atoms with Crippen LogP contribution >= 0.6 is 23.4 Å². The Balaban J connectivity index is 1.63. The number of thioether (sulfide) groups is 1. The van der Waals surface area contributed by atoms with Gasteiger partial charge in [0.25, 0.3) is 0 Å². The quantitative estimate of drug-likeness (QED) is 0.653. The fraction of sp³-hybridized carbons (Fsp3) is 0.250. The van der Waals surface area contributed by atoms with Crippen molar-refractivity contribution in [3.8, 4) is 0 Å². The van der Waals surface area contributed by atoms with E-state index in [9.17, 15) is 0 Å². The number of benzene rings is 2. The third-order valence-electron chi connectivity index (χ3n) is 2.78. The number of hydrogen-bond donors (Lipinski definition) is 0. The Bertz CT molecular complexity index is 450. The van der Waals surface area contributed by atoms with Gasteiger partial charge < -0.3 is 0 Å². The summed E-state index contributed by atoms with van der Waals surface area (Å²) in [5.74, 6) is 2.28. The summed E-state index contributed by atoms with van der Waals surface area (Å²) >= 11 is 7.84. The molecule has 0 unspecified atom stereocenters. The first kappa shape index (κ1) is 13.5. The predicted octanol–water partition coefficient (Wildman–Crippen LogP) is 5.21. The van der Waals surface area contributed by atoms with Crippen LogP contribution in [0.4, 0.5) is 0 Å². The van der Waals surface area contributed by atoms with Gasteiger partial charge in [0, 0.05) is 10.8 Å². The Morgan fingerprint density at radius 2 is 1.56 bits per heavy atom. The number of rotatable bonds is 6. The first-order chi connectivity index (χ1) is 8.84. The minimum atomic E-state index is 0.813. The van der Waals surface area contributed by atoms with Crippen molar-refractivity contribution in [1.29, 1.82) is 0 Å². The zero-order valence-corrected chi connectivity index (χ0v) is 11.9. The fourth-order valence-electron chi connectivity index (χ4n) is 1.79. The summed E-state index contributed by atoms with van der Waals surface area (Å²) in [4.78, 5) is 0. The van der Waals surface area contributed by atoms with Crippen molar-refractivity contribution >= 4 is 23.4 Å². The van der Waals surface area contributed by atoms with Crippen molar-refractivity contribution in [3.05, 3.63) is 70.7 Å². The first-order valence-electron chi connectivity index (χ1n) is 6.21. The Morgan fingerprint density at radius 1 is 0.833 bits per heavy atom. The van der Waals surface area contributed by atoms with E-state index in [1.54, 1.807) is 0 Å². The molecule has 0 aromatic heterocycles. The molecule has 0 saturated carbocycles. The van der Waals surface area contributed by atoms with Crippen LogP contribution in [0, 0.1) is 0 Å². The number of hydrogen-bond acceptors (Lipinski definition) is 1. The van der Waals surface area contributed by atoms with E-state index < -0.39 is 0 Å². The van der Waals surface area contributed by atoms with Gasteiger partial charge in [0.2, 0.25) is 0 Å². The monoisotopic (exact) mass is 276 g/mol. The summed E-state index contributed by atoms with van der Waals surface area (Å²) in [6.07, 6.45) is 2.41. The highest BCUT2D eigenvalue weighted by molar-refractivity contribution is 7.98. The summed E-state index contributed by atoms with van der Waals surface area (Å²) < 4.78 is 0. The van der Waals surface area contributed by atoms with Crippen LogP contribution in [0.1, 0.15) is 17.5 Å². The highest BCUT2D eigenvalue weighted by atomic mass is 35.5. The predicted molar refractivity (Wildman–Crippen MR) is 82.4 cm³/mol. The average molecular weight is 277 g/mol. The lowest BCUT2D eigenvalue weighted by molar-refractivity contribution is 0.933. The minimum absolute atomic E-state index is 0.813. The smallest absolute Gasteiger partial charge is 0.0406 e. The molecule has 0 aliphatic heterocycles. The molecule has 0 fully saturated rings. The molecule has 2 aromatic rings. The maximum atomic E-state index is 5.86. The molecule has 2 heteroatoms. The van der Waals surface area contributed by atoms with Crippen molar-refractivity contribution in [3.63, 3.8) is 0 Å². The zero-order chi connectivity index (χ0) is 12.6. The second-order valence-corrected chi connectivity index (χ2v) is 5.81. The molecule has 0 nitrogen and oxygen atoms in total. The van der Waals surface area contributed by atoms with E-state index in [1.807, 2.05) is 23.9 Å². The summed E-state index contributed by atoms with van der Waals surface area (Å²) in [6, 6.07) is 18.8. The zero-order valence-electron chi connectivity index (χ0n) is 10.3. The van der Waals surface area contributed by atoms with Gasteiger partial charge in [0.1, 0.15) is 0 Å². The summed E-state index contributed by atoms with van der Waals surface area (Å²) in [7, 11) is 0. The van der Waals surface area contributed by atoms with Gasteiger partial charge in [-0.3, -0.25) is 0 Å². The van der Waals surface area contributed by atoms with Crippen molar-refractivity contribution in [1.82, 2.24) is 0 Å². The van der Waals surface area contributed by atoms with Crippen LogP contribution in [0.2, 0.25) is 5.02 Å². The third-order valence-corrected chi connectivity index (χ3v) is 4.15. The number of aryl methyl sites for hydroxylation is 1. The van der Waals surface area contributed by atoms with E-state index in [1.165, 1.54) is 29.7 Å². The van der Waals surface area contributed by atoms with Crippen LogP contribution in [-0.4, -0.2) is 5.75 Å². The Hall–Kier alpha value is -0.920. The largest absolute Gasteiger partial charge is 0.157 e. The molecule has 0 radical (unpaired) electrons. The molecule has 0 amide bonds. The summed E-state index contributed by atoms with van der Waals surface area (Å²) in [5, 5.41) is 0.813. The van der Waals surface area contributed by atoms with Gasteiger partial charge >= 0.3 is 0 Å². The Kier molecular flexibility index (Phi) is 5.63. The second-order valence-electron chi connectivity index (χ2n) is 4.27. The van der Waals surface area contributed by atoms with E-state index in [0.29, 0.717) is 0 Å². The van der Waals surface area contributed by atoms with Crippen molar-refractivity contribution in [2.45, 2.75) is 18.6 Å². The van der Waals surface area contributed by atoms with Crippen LogP contribution in [0.3, 0.4) is 0 Å². The molecule has 0 heterocycles. The van der Waals surface area contributed by atoms with Gasteiger partial charge in [0.05, 0.1) is 0 Å². The van der Waals surface area contributed by atoms with E-state index in [2.05, 4.69) is 42.5 Å². The van der Waals surface area contributed by atoms with Crippen LogP contribution < -0.4 is 0 Å². The first-order valence-corrected chi connectivity index (χ1v) is 7.74. The van der Waals surface area contributed by atoms with Gasteiger partial charge in [-0.25, -0.2) is 0 Å². The molecule has 0 aliphatic carbocycles. The average Bonchev–Trinajstić information content (AvgIpc) is 2.42. The van der Waals surface area contributed by atoms with E-state index in [4.69, 9.17) is 11.6 Å². The lowest BCUT2D eigenvalue weighted by atomic mass is 10.1. The molecule has 18 heavy (non-hydrogen) atoms. The molecule has 0 spiro atoms. The Labute approximate surface area is 118 Å². The van der Waals surface area contributed by atoms with Crippen molar-refractivity contribution in [2.75, 3.05) is 5.75 Å². The van der Waals surface area contributed by atoms with Gasteiger partial charge in [-0.2, -0.15) is 11.8 Å². The lowest BCUT2D eigenvalue weighted by Crippen LogP contribution is -1.88. The molecule has 2 rings (SSSR count). The molecule has 2 aromatic carbocycles. The van der Waals surface area contributed by atoms with Gasteiger partial charge in [-0.15, -0.1) is 0 Å². The van der Waals surface area contributed by atoms with Crippen LogP contribution in [-0.2, 0) is 12.2 Å². The fourth-order valence-corrected chi connectivity index (χ4v) is 2.84. The SMILES string of the molecule is Clc1ccc(CSCCCc2ccccc2)cc1. The van der Waals surface area contributed by atoms with Crippen molar-refractivity contribution in [2.24, 2.45) is 0 Å². The van der Waals surface area contributed by atoms with Crippen molar-refractivity contribution < 1.29 is 0 Å². The molecule has 0 bridgehead atoms. The Morgan fingerprint density at radius 3 is 2.28 bits per heavy atom. The summed E-state index contributed by atoms with van der Waals surface area (Å²) in [5.41, 5.74) is 2.79. The van der Waals surface area contributed by atoms with Gasteiger partial charge in [0.15, 0.2) is 0 Å². The summed E-state index contributed by atoms with van der Waals surface area (Å²) in [6.45, 7) is 0. The maximum absolute atomic E-state index is 5.86. The molecule has 0 aliphatic rings. The number of halogens is 1. The standard InChI is InChI=1S/C16H17ClS/c17-16-10-8-15(9-11-16)13-18-12-4-7-14-5-2-1-3-6-14/h1-3,5-6,8-11H,4,7,12-13H2. The van der Waals surface area contributed by atoms with Crippen LogP contribution in [0.5, 0.6) is 0 Å². The molecule has 0 N–H and O–H groups in total. The van der Waals surface area contributed by atoms with Gasteiger partial charge in [-0.1, -0.05) is 54.1 Å². The van der Waals surface area contributed by atoms with Gasteiger partial charge in [-0.05, 0) is 41.9 Å². The molecule has 0 atom stereocenters. The third kappa shape index (κ3) is 4.75. The van der Waals surface area contributed by atoms with E-state index in [0.717, 1.165) is 10.8 Å². The molecular formula is C16H17ClS. The lowest BCUT2D eigenvalue weighted by Gasteiger charge is -2.03. The van der Waals surface area contributed by atoms with E-state index >= 15 is 0 Å². The van der Waals surface area contributed by atoms with Crippen LogP contribution in [0.25, 0.3) is 0 Å². The molecule has 0 saturated heterocycles. The normalized spacial score (nSPS) is 10.5. The minimum Gasteiger partial charge on any atom is -0.157 e. The topological polar surface area (TPSA) is 0 Å².